The summed E-state index contributed by atoms with van der Waals surface area (Å²) in [6, 6.07) is 3.36. The molecule has 1 heterocycles. The van der Waals surface area contributed by atoms with Crippen molar-refractivity contribution < 1.29 is 23.1 Å². The Kier molecular flexibility index (Phi) is 3.31. The molecule has 2 aromatic rings. The van der Waals surface area contributed by atoms with E-state index in [-0.39, 0.29) is 24.6 Å². The maximum Gasteiger partial charge on any atom is 0.303 e. The minimum absolute atomic E-state index is 0.0123. The van der Waals surface area contributed by atoms with Crippen LogP contribution in [-0.4, -0.2) is 21.3 Å². The van der Waals surface area contributed by atoms with E-state index in [0.29, 0.717) is 0 Å². The molecule has 7 heteroatoms. The summed E-state index contributed by atoms with van der Waals surface area (Å²) in [6.07, 6.45) is -0.181. The molecule has 18 heavy (non-hydrogen) atoms. The largest absolute Gasteiger partial charge is 0.481 e. The summed E-state index contributed by atoms with van der Waals surface area (Å²) in [5, 5.41) is 15.5. The molecular formula is C11H8F2N2O3. The molecule has 0 fully saturated rings. The van der Waals surface area contributed by atoms with E-state index in [1.807, 2.05) is 0 Å². The van der Waals surface area contributed by atoms with Gasteiger partial charge in [-0.15, -0.1) is 10.2 Å². The average molecular weight is 254 g/mol. The lowest BCUT2D eigenvalue weighted by Crippen LogP contribution is -1.97. The average Bonchev–Trinajstić information content (AvgIpc) is 2.75. The summed E-state index contributed by atoms with van der Waals surface area (Å²) in [7, 11) is 0. The van der Waals surface area contributed by atoms with E-state index in [0.717, 1.165) is 12.1 Å². The first kappa shape index (κ1) is 12.2. The molecular weight excluding hydrogens is 246 g/mol. The van der Waals surface area contributed by atoms with E-state index in [2.05, 4.69) is 10.2 Å². The van der Waals surface area contributed by atoms with E-state index in [1.54, 1.807) is 0 Å². The molecule has 0 spiro atoms. The van der Waals surface area contributed by atoms with Crippen LogP contribution < -0.4 is 0 Å². The van der Waals surface area contributed by atoms with Gasteiger partial charge >= 0.3 is 5.97 Å². The van der Waals surface area contributed by atoms with Crippen LogP contribution in [0.4, 0.5) is 8.78 Å². The number of carboxylic acid groups (broad SMARTS) is 1. The lowest BCUT2D eigenvalue weighted by atomic mass is 10.2. The van der Waals surface area contributed by atoms with E-state index in [9.17, 15) is 13.6 Å². The van der Waals surface area contributed by atoms with Crippen LogP contribution >= 0.6 is 0 Å². The van der Waals surface area contributed by atoms with Crippen molar-refractivity contribution in [2.75, 3.05) is 0 Å². The smallest absolute Gasteiger partial charge is 0.303 e. The number of carboxylic acids is 1. The first-order valence-corrected chi connectivity index (χ1v) is 5.06. The van der Waals surface area contributed by atoms with Crippen molar-refractivity contribution in [2.24, 2.45) is 0 Å². The molecule has 0 bridgehead atoms. The van der Waals surface area contributed by atoms with Crippen LogP contribution in [0.5, 0.6) is 0 Å². The summed E-state index contributed by atoms with van der Waals surface area (Å²) in [6.45, 7) is 0. The number of rotatable bonds is 4. The Morgan fingerprint density at radius 3 is 2.56 bits per heavy atom. The Morgan fingerprint density at radius 2 is 1.94 bits per heavy atom. The molecule has 1 N–H and O–H groups in total. The van der Waals surface area contributed by atoms with Gasteiger partial charge in [-0.25, -0.2) is 8.78 Å². The summed E-state index contributed by atoms with van der Waals surface area (Å²) in [5.41, 5.74) is -0.411. The highest BCUT2D eigenvalue weighted by Crippen LogP contribution is 2.24. The quantitative estimate of drug-likeness (QED) is 0.903. The number of aryl methyl sites for hydroxylation is 1. The van der Waals surface area contributed by atoms with E-state index in [4.69, 9.17) is 9.52 Å². The zero-order valence-corrected chi connectivity index (χ0v) is 9.06. The van der Waals surface area contributed by atoms with Crippen molar-refractivity contribution in [1.29, 1.82) is 0 Å². The molecule has 0 aliphatic carbocycles. The second kappa shape index (κ2) is 4.91. The minimum Gasteiger partial charge on any atom is -0.481 e. The zero-order chi connectivity index (χ0) is 13.1. The molecule has 1 aromatic heterocycles. The molecule has 0 aliphatic heterocycles. The third-order valence-corrected chi connectivity index (χ3v) is 2.20. The van der Waals surface area contributed by atoms with Crippen molar-refractivity contribution in [2.45, 2.75) is 12.8 Å². The van der Waals surface area contributed by atoms with Crippen LogP contribution in [0.15, 0.2) is 22.6 Å². The highest BCUT2D eigenvalue weighted by Gasteiger charge is 2.17. The second-order valence-electron chi connectivity index (χ2n) is 3.49. The van der Waals surface area contributed by atoms with Crippen LogP contribution in [0.2, 0.25) is 0 Å². The Hall–Kier alpha value is -2.31. The number of nitrogens with zero attached hydrogens (tertiary/aromatic N) is 2. The Balaban J connectivity index is 2.27. The number of carbonyl (C=O) groups is 1. The monoisotopic (exact) mass is 254 g/mol. The third-order valence-electron chi connectivity index (χ3n) is 2.20. The Morgan fingerprint density at radius 1 is 1.28 bits per heavy atom. The van der Waals surface area contributed by atoms with Crippen molar-refractivity contribution in [3.05, 3.63) is 35.7 Å². The first-order valence-electron chi connectivity index (χ1n) is 5.06. The maximum atomic E-state index is 13.4. The van der Waals surface area contributed by atoms with E-state index >= 15 is 0 Å². The summed E-state index contributed by atoms with van der Waals surface area (Å²) in [4.78, 5) is 10.3. The fourth-order valence-electron chi connectivity index (χ4n) is 1.37. The van der Waals surface area contributed by atoms with Gasteiger partial charge < -0.3 is 9.52 Å². The Bertz CT molecular complexity index is 563. The van der Waals surface area contributed by atoms with Gasteiger partial charge in [-0.1, -0.05) is 6.07 Å². The highest BCUT2D eigenvalue weighted by atomic mass is 19.1. The van der Waals surface area contributed by atoms with Gasteiger partial charge in [0.1, 0.15) is 17.2 Å². The van der Waals surface area contributed by atoms with Crippen molar-refractivity contribution in [1.82, 2.24) is 10.2 Å². The molecule has 0 aliphatic rings. The molecule has 0 saturated heterocycles. The van der Waals surface area contributed by atoms with Crippen molar-refractivity contribution >= 4 is 5.97 Å². The summed E-state index contributed by atoms with van der Waals surface area (Å²) in [5.74, 6) is -2.93. The molecule has 0 unspecified atom stereocenters. The van der Waals surface area contributed by atoms with Gasteiger partial charge in [-0.2, -0.15) is 0 Å². The number of benzene rings is 1. The van der Waals surface area contributed by atoms with Gasteiger partial charge in [0.05, 0.1) is 6.42 Å². The molecule has 5 nitrogen and oxygen atoms in total. The topological polar surface area (TPSA) is 76.2 Å². The van der Waals surface area contributed by atoms with Gasteiger partial charge in [0.2, 0.25) is 5.89 Å². The second-order valence-corrected chi connectivity index (χ2v) is 3.49. The predicted molar refractivity (Wildman–Crippen MR) is 55.6 cm³/mol. The SMILES string of the molecule is O=C(O)CCc1nnc(-c2c(F)cccc2F)o1. The molecule has 94 valence electrons. The van der Waals surface area contributed by atoms with Gasteiger partial charge in [0.15, 0.2) is 0 Å². The molecule has 1 aromatic carbocycles. The van der Waals surface area contributed by atoms with Crippen molar-refractivity contribution in [3.63, 3.8) is 0 Å². The van der Waals surface area contributed by atoms with Crippen LogP contribution in [0.3, 0.4) is 0 Å². The van der Waals surface area contributed by atoms with E-state index in [1.165, 1.54) is 6.07 Å². The van der Waals surface area contributed by atoms with Crippen LogP contribution in [0.1, 0.15) is 12.3 Å². The lowest BCUT2D eigenvalue weighted by molar-refractivity contribution is -0.137. The van der Waals surface area contributed by atoms with Crippen LogP contribution in [0.25, 0.3) is 11.5 Å². The number of hydrogen-bond acceptors (Lipinski definition) is 4. The number of aromatic nitrogens is 2. The molecule has 0 saturated carbocycles. The Labute approximate surface area is 100 Å². The molecule has 0 amide bonds. The van der Waals surface area contributed by atoms with Gasteiger partial charge in [0.25, 0.3) is 5.89 Å². The third kappa shape index (κ3) is 2.50. The standard InChI is InChI=1S/C11H8F2N2O3/c12-6-2-1-3-7(13)10(6)11-15-14-8(18-11)4-5-9(16)17/h1-3H,4-5H2,(H,16,17). The first-order chi connectivity index (χ1) is 8.58. The number of halogens is 2. The fraction of sp³-hybridized carbons (Fsp3) is 0.182. The van der Waals surface area contributed by atoms with E-state index < -0.39 is 23.2 Å². The zero-order valence-electron chi connectivity index (χ0n) is 9.06. The normalized spacial score (nSPS) is 10.6. The summed E-state index contributed by atoms with van der Waals surface area (Å²) < 4.78 is 31.8. The van der Waals surface area contributed by atoms with Crippen LogP contribution in [0, 0.1) is 11.6 Å². The molecule has 2 rings (SSSR count). The van der Waals surface area contributed by atoms with Gasteiger partial charge in [0, 0.05) is 6.42 Å². The molecule has 0 atom stereocenters. The summed E-state index contributed by atoms with van der Waals surface area (Å²) >= 11 is 0. The lowest BCUT2D eigenvalue weighted by Gasteiger charge is -1.98. The fourth-order valence-corrected chi connectivity index (χ4v) is 1.37. The highest BCUT2D eigenvalue weighted by molar-refractivity contribution is 5.66. The molecule has 0 radical (unpaired) electrons. The number of aliphatic carboxylic acids is 1. The van der Waals surface area contributed by atoms with Gasteiger partial charge in [-0.3, -0.25) is 4.79 Å². The van der Waals surface area contributed by atoms with Crippen molar-refractivity contribution in [3.8, 4) is 11.5 Å². The number of hydrogen-bond donors (Lipinski definition) is 1. The minimum atomic E-state index is -1.02. The maximum absolute atomic E-state index is 13.4. The van der Waals surface area contributed by atoms with Crippen LogP contribution in [-0.2, 0) is 11.2 Å². The predicted octanol–water partition coefficient (Wildman–Crippen LogP) is 2.03. The van der Waals surface area contributed by atoms with Gasteiger partial charge in [-0.05, 0) is 12.1 Å².